The maximum Gasteiger partial charge on any atom is 0.416 e. The molecule has 2 aromatic carbocycles. The number of amides is 1. The molecule has 0 N–H and O–H groups in total. The van der Waals surface area contributed by atoms with Crippen LogP contribution in [0.3, 0.4) is 0 Å². The Bertz CT molecular complexity index is 1050. The van der Waals surface area contributed by atoms with Gasteiger partial charge in [-0.2, -0.15) is 13.2 Å². The van der Waals surface area contributed by atoms with E-state index in [1.807, 2.05) is 24.3 Å². The quantitative estimate of drug-likeness (QED) is 0.135. The minimum atomic E-state index is -4.46. The highest BCUT2D eigenvalue weighted by atomic mass is 19.4. The number of rotatable bonds is 11. The van der Waals surface area contributed by atoms with Crippen LogP contribution in [0.1, 0.15) is 94.0 Å². The molecule has 0 aromatic heterocycles. The fraction of sp³-hybridized carbons (Fsp3) is 0.467. The summed E-state index contributed by atoms with van der Waals surface area (Å²) in [6, 6.07) is 11.3. The Morgan fingerprint density at radius 2 is 1.54 bits per heavy atom. The van der Waals surface area contributed by atoms with Crippen molar-refractivity contribution in [3.8, 4) is 11.8 Å². The molecule has 1 amide bonds. The zero-order chi connectivity index (χ0) is 27.3. The van der Waals surface area contributed by atoms with Gasteiger partial charge in [-0.15, -0.1) is 0 Å². The van der Waals surface area contributed by atoms with Crippen molar-refractivity contribution >= 4 is 11.9 Å². The average Bonchev–Trinajstić information content (AvgIpc) is 2.88. The molecule has 2 rings (SSSR count). The molecule has 0 bridgehead atoms. The highest BCUT2D eigenvalue weighted by Gasteiger charge is 2.32. The third kappa shape index (κ3) is 9.95. The van der Waals surface area contributed by atoms with Gasteiger partial charge in [0.1, 0.15) is 0 Å². The summed E-state index contributed by atoms with van der Waals surface area (Å²) < 4.78 is 43.8. The summed E-state index contributed by atoms with van der Waals surface area (Å²) in [6.07, 6.45) is 3.70. The van der Waals surface area contributed by atoms with Crippen LogP contribution in [0.15, 0.2) is 48.5 Å². The predicted octanol–water partition coefficient (Wildman–Crippen LogP) is 7.46. The number of ether oxygens (including phenoxy) is 1. The van der Waals surface area contributed by atoms with Crippen LogP contribution in [0.4, 0.5) is 13.2 Å². The molecule has 0 saturated heterocycles. The van der Waals surface area contributed by atoms with Gasteiger partial charge in [0.15, 0.2) is 0 Å². The van der Waals surface area contributed by atoms with Gasteiger partial charge in [-0.25, -0.2) is 4.79 Å². The second-order valence-electron chi connectivity index (χ2n) is 8.97. The van der Waals surface area contributed by atoms with Crippen molar-refractivity contribution in [1.29, 1.82) is 0 Å². The zero-order valence-corrected chi connectivity index (χ0v) is 21.9. The van der Waals surface area contributed by atoms with Crippen LogP contribution in [-0.2, 0) is 27.0 Å². The average molecular weight is 516 g/mol. The molecule has 37 heavy (non-hydrogen) atoms. The van der Waals surface area contributed by atoms with E-state index in [1.165, 1.54) is 49.1 Å². The van der Waals surface area contributed by atoms with Gasteiger partial charge in [0.05, 0.1) is 18.2 Å². The minimum absolute atomic E-state index is 0.0409. The van der Waals surface area contributed by atoms with Gasteiger partial charge in [0.2, 0.25) is 0 Å². The Kier molecular flexibility index (Phi) is 12.2. The number of hydrogen-bond acceptors (Lipinski definition) is 3. The van der Waals surface area contributed by atoms with E-state index in [2.05, 4.69) is 18.8 Å². The molecule has 0 aliphatic carbocycles. The van der Waals surface area contributed by atoms with Gasteiger partial charge in [0, 0.05) is 18.5 Å². The van der Waals surface area contributed by atoms with Crippen LogP contribution in [-0.4, -0.2) is 23.4 Å². The van der Waals surface area contributed by atoms with Crippen molar-refractivity contribution in [1.82, 2.24) is 4.90 Å². The molecule has 7 heteroatoms. The Morgan fingerprint density at radius 1 is 0.919 bits per heavy atom. The molecular weight excluding hydrogens is 479 g/mol. The molecule has 0 heterocycles. The lowest BCUT2D eigenvalue weighted by molar-refractivity contribution is -0.161. The largest absolute Gasteiger partial charge is 0.459 e. The number of nitrogens with zero attached hydrogens (tertiary/aromatic N) is 1. The van der Waals surface area contributed by atoms with E-state index < -0.39 is 29.7 Å². The lowest BCUT2D eigenvalue weighted by Gasteiger charge is -2.29. The van der Waals surface area contributed by atoms with Gasteiger partial charge in [-0.3, -0.25) is 4.79 Å². The van der Waals surface area contributed by atoms with Crippen LogP contribution in [0, 0.1) is 11.8 Å². The van der Waals surface area contributed by atoms with Crippen LogP contribution >= 0.6 is 0 Å². The lowest BCUT2D eigenvalue weighted by atomic mass is 10.0. The first kappa shape index (κ1) is 30.0. The molecule has 0 aliphatic rings. The normalized spacial score (nSPS) is 11.8. The first-order chi connectivity index (χ1) is 17.7. The number of unbranched alkanes of at least 4 members (excludes halogenated alkanes) is 6. The maximum absolute atomic E-state index is 13.0. The standard InChI is InChI=1S/C30H36F3NO3/c1-4-6-7-8-9-10-11-12-13-24-14-16-25(17-15-24)22-34(28(35)29(36)37-5-2)23(3)26-18-20-27(21-19-26)30(31,32)33/h14-21,23H,4-11,22H2,1-3H3. The van der Waals surface area contributed by atoms with Gasteiger partial charge in [-0.1, -0.05) is 75.1 Å². The summed E-state index contributed by atoms with van der Waals surface area (Å²) in [7, 11) is 0. The molecule has 0 aliphatic heterocycles. The van der Waals surface area contributed by atoms with E-state index in [4.69, 9.17) is 4.74 Å². The number of esters is 1. The minimum Gasteiger partial charge on any atom is -0.459 e. The predicted molar refractivity (Wildman–Crippen MR) is 138 cm³/mol. The number of carbonyl (C=O) groups excluding carboxylic acids is 2. The number of hydrogen-bond donors (Lipinski definition) is 0. The topological polar surface area (TPSA) is 46.6 Å². The van der Waals surface area contributed by atoms with E-state index >= 15 is 0 Å². The number of alkyl halides is 3. The van der Waals surface area contributed by atoms with Crippen molar-refractivity contribution < 1.29 is 27.5 Å². The van der Waals surface area contributed by atoms with Crippen molar-refractivity contribution in [2.24, 2.45) is 0 Å². The third-order valence-corrected chi connectivity index (χ3v) is 6.09. The lowest BCUT2D eigenvalue weighted by Crippen LogP contribution is -2.39. The number of carbonyl (C=O) groups is 2. The summed E-state index contributed by atoms with van der Waals surface area (Å²) >= 11 is 0. The second kappa shape index (κ2) is 15.1. The Balaban J connectivity index is 2.10. The molecule has 0 fully saturated rings. The molecular formula is C30H36F3NO3. The SMILES string of the molecule is CCCCCCCCC#Cc1ccc(CN(C(=O)C(=O)OCC)C(C)c2ccc(C(F)(F)F)cc2)cc1. The van der Waals surface area contributed by atoms with E-state index in [0.717, 1.165) is 36.1 Å². The Morgan fingerprint density at radius 3 is 2.14 bits per heavy atom. The third-order valence-electron chi connectivity index (χ3n) is 6.09. The molecule has 0 spiro atoms. The Labute approximate surface area is 218 Å². The summed E-state index contributed by atoms with van der Waals surface area (Å²) in [5.41, 5.74) is 1.31. The smallest absolute Gasteiger partial charge is 0.416 e. The molecule has 200 valence electrons. The van der Waals surface area contributed by atoms with E-state index in [-0.39, 0.29) is 13.2 Å². The van der Waals surface area contributed by atoms with Crippen molar-refractivity contribution in [2.75, 3.05) is 6.61 Å². The van der Waals surface area contributed by atoms with Crippen LogP contribution < -0.4 is 0 Å². The fourth-order valence-corrected chi connectivity index (χ4v) is 3.87. The fourth-order valence-electron chi connectivity index (χ4n) is 3.87. The summed E-state index contributed by atoms with van der Waals surface area (Å²) in [5.74, 6) is 4.50. The van der Waals surface area contributed by atoms with Crippen LogP contribution in [0.2, 0.25) is 0 Å². The van der Waals surface area contributed by atoms with Crippen LogP contribution in [0.25, 0.3) is 0 Å². The van der Waals surface area contributed by atoms with E-state index in [9.17, 15) is 22.8 Å². The first-order valence-corrected chi connectivity index (χ1v) is 12.9. The second-order valence-corrected chi connectivity index (χ2v) is 8.97. The van der Waals surface area contributed by atoms with Crippen molar-refractivity contribution in [3.63, 3.8) is 0 Å². The van der Waals surface area contributed by atoms with Gasteiger partial charge >= 0.3 is 18.1 Å². The Hall–Kier alpha value is -3.27. The molecule has 4 nitrogen and oxygen atoms in total. The zero-order valence-electron chi connectivity index (χ0n) is 21.9. The monoisotopic (exact) mass is 515 g/mol. The highest BCUT2D eigenvalue weighted by molar-refractivity contribution is 6.32. The molecule has 1 unspecified atom stereocenters. The number of halogens is 3. The van der Waals surface area contributed by atoms with Crippen molar-refractivity contribution in [2.45, 2.75) is 84.5 Å². The molecule has 0 radical (unpaired) electrons. The van der Waals surface area contributed by atoms with E-state index in [0.29, 0.717) is 5.56 Å². The van der Waals surface area contributed by atoms with Gasteiger partial charge in [-0.05, 0) is 55.7 Å². The maximum atomic E-state index is 13.0. The first-order valence-electron chi connectivity index (χ1n) is 12.9. The summed E-state index contributed by atoms with van der Waals surface area (Å²) in [4.78, 5) is 26.4. The van der Waals surface area contributed by atoms with Gasteiger partial charge < -0.3 is 9.64 Å². The summed E-state index contributed by atoms with van der Waals surface area (Å²) in [6.45, 7) is 5.60. The molecule has 0 saturated carbocycles. The summed E-state index contributed by atoms with van der Waals surface area (Å²) in [5, 5.41) is 0. The number of benzene rings is 2. The van der Waals surface area contributed by atoms with Crippen LogP contribution in [0.5, 0.6) is 0 Å². The van der Waals surface area contributed by atoms with Gasteiger partial charge in [0.25, 0.3) is 0 Å². The van der Waals surface area contributed by atoms with E-state index in [1.54, 1.807) is 13.8 Å². The van der Waals surface area contributed by atoms with Crippen molar-refractivity contribution in [3.05, 3.63) is 70.8 Å². The highest BCUT2D eigenvalue weighted by Crippen LogP contribution is 2.31. The molecule has 1 atom stereocenters. The molecule has 2 aromatic rings.